The second-order valence-corrected chi connectivity index (χ2v) is 16.2. The molecule has 45 heavy (non-hydrogen) atoms. The zero-order valence-corrected chi connectivity index (χ0v) is 28.1. The summed E-state index contributed by atoms with van der Waals surface area (Å²) in [5.74, 6) is -0.549. The average molecular weight is 670 g/mol. The first-order chi connectivity index (χ1) is 20.9. The van der Waals surface area contributed by atoms with E-state index in [1.54, 1.807) is 43.1 Å². The van der Waals surface area contributed by atoms with E-state index in [9.17, 15) is 38.5 Å². The predicted molar refractivity (Wildman–Crippen MR) is 172 cm³/mol. The van der Waals surface area contributed by atoms with E-state index in [4.69, 9.17) is 9.47 Å². The smallest absolute Gasteiger partial charge is 0.366 e. The first-order valence-electron chi connectivity index (χ1n) is 14.5. The Kier molecular flexibility index (Phi) is 14.6. The van der Waals surface area contributed by atoms with Crippen LogP contribution in [0.3, 0.4) is 0 Å². The van der Waals surface area contributed by atoms with Crippen molar-refractivity contribution in [3.05, 3.63) is 65.2 Å². The molecule has 0 aromatic heterocycles. The Hall–Kier alpha value is -2.89. The Morgan fingerprint density at radius 2 is 1.73 bits per heavy atom. The number of rotatable bonds is 18. The zero-order valence-electron chi connectivity index (χ0n) is 26.3. The number of hydrogen-bond acceptors (Lipinski definition) is 9. The van der Waals surface area contributed by atoms with Crippen LogP contribution in [-0.4, -0.2) is 87.9 Å². The molecule has 2 aromatic rings. The van der Waals surface area contributed by atoms with Crippen LogP contribution in [-0.2, 0) is 29.9 Å². The second kappa shape index (κ2) is 17.1. The van der Waals surface area contributed by atoms with Crippen LogP contribution < -0.4 is 10.2 Å². The van der Waals surface area contributed by atoms with Crippen LogP contribution in [0, 0.1) is 5.92 Å². The summed E-state index contributed by atoms with van der Waals surface area (Å²) in [6.07, 6.45) is 2.31. The van der Waals surface area contributed by atoms with Crippen molar-refractivity contribution in [2.75, 3.05) is 40.0 Å². The average Bonchev–Trinajstić information content (AvgIpc) is 2.95. The van der Waals surface area contributed by atoms with Crippen LogP contribution in [0.4, 0.5) is 0 Å². The van der Waals surface area contributed by atoms with E-state index in [2.05, 4.69) is 24.4 Å². The summed E-state index contributed by atoms with van der Waals surface area (Å²) in [5, 5.41) is 11.1. The first-order valence-corrected chi connectivity index (χ1v) is 18.2. The number of benzene rings is 2. The highest BCUT2D eigenvalue weighted by atomic mass is 31.2. The molecule has 3 atom stereocenters. The Labute approximate surface area is 264 Å². The van der Waals surface area contributed by atoms with Gasteiger partial charge in [-0.05, 0) is 61.6 Å². The number of ether oxygens (including phenoxy) is 2. The molecule has 2 rings (SSSR count). The summed E-state index contributed by atoms with van der Waals surface area (Å²) in [6, 6.07) is 14.7. The lowest BCUT2D eigenvalue weighted by molar-refractivity contribution is -0.149. The lowest BCUT2D eigenvalue weighted by atomic mass is 9.97. The minimum Gasteiger partial charge on any atom is -0.494 e. The number of amides is 1. The molecule has 1 amide bonds. The largest absolute Gasteiger partial charge is 0.494 e. The van der Waals surface area contributed by atoms with Crippen LogP contribution in [0.25, 0.3) is 0 Å². The first kappa shape index (κ1) is 38.3. The van der Waals surface area contributed by atoms with Crippen LogP contribution in [0.2, 0.25) is 0 Å². The fourth-order valence-corrected chi connectivity index (χ4v) is 7.12. The fourth-order valence-electron chi connectivity index (χ4n) is 4.28. The highest BCUT2D eigenvalue weighted by Gasteiger charge is 2.56. The second-order valence-electron chi connectivity index (χ2n) is 11.5. The molecule has 0 aliphatic rings. The van der Waals surface area contributed by atoms with Crippen LogP contribution in [0.1, 0.15) is 56.2 Å². The van der Waals surface area contributed by atoms with Gasteiger partial charge >= 0.3 is 13.6 Å². The molecule has 0 spiro atoms. The number of hydrogen-bond donors (Lipinski definition) is 5. The third-order valence-electron chi connectivity index (χ3n) is 7.00. The molecule has 0 heterocycles. The van der Waals surface area contributed by atoms with E-state index in [1.807, 2.05) is 24.3 Å². The molecular formula is C30H45N3O10P2. The van der Waals surface area contributed by atoms with Crippen molar-refractivity contribution in [3.8, 4) is 5.75 Å². The van der Waals surface area contributed by atoms with Crippen LogP contribution in [0.15, 0.2) is 53.6 Å². The number of esters is 1. The van der Waals surface area contributed by atoms with Gasteiger partial charge in [0.15, 0.2) is 6.61 Å². The normalized spacial score (nSPS) is 15.4. The molecule has 0 fully saturated rings. The van der Waals surface area contributed by atoms with Gasteiger partial charge in [0.1, 0.15) is 5.75 Å². The minimum absolute atomic E-state index is 0.0255. The highest BCUT2D eigenvalue weighted by Crippen LogP contribution is 2.69. The van der Waals surface area contributed by atoms with E-state index in [0.717, 1.165) is 18.6 Å². The lowest BCUT2D eigenvalue weighted by Crippen LogP contribution is -2.34. The highest BCUT2D eigenvalue weighted by molar-refractivity contribution is 7.74. The molecule has 2 aromatic carbocycles. The van der Waals surface area contributed by atoms with Crippen molar-refractivity contribution in [2.45, 2.75) is 51.0 Å². The standard InChI is InChI=1S/C30H45N3O10P2/c1-22(2)18-24-10-12-26(13-11-24)23(3)29(35)43-21-28(34)32-31-20-25-8-6-9-27(19-25)42-17-7-15-33(4)16-14-30(36,44(5,37)38)45(39,40)41/h6,8-13,19-20,22-23,36H,7,14-18,21H2,1-5H3,(H,32,34)(H,37,38)(H2,39,40,41)/b31-20+/t23-,30?/m0/s1. The fraction of sp³-hybridized carbons (Fsp3) is 0.500. The van der Waals surface area contributed by atoms with E-state index in [0.29, 0.717) is 36.8 Å². The van der Waals surface area contributed by atoms with E-state index < -0.39 is 50.9 Å². The van der Waals surface area contributed by atoms with Gasteiger partial charge in [-0.25, -0.2) is 5.43 Å². The molecule has 0 bridgehead atoms. The quantitative estimate of drug-likeness (QED) is 0.0513. The van der Waals surface area contributed by atoms with Gasteiger partial charge in [0, 0.05) is 26.2 Å². The predicted octanol–water partition coefficient (Wildman–Crippen LogP) is 3.50. The number of nitrogens with one attached hydrogen (secondary N) is 1. The molecule has 0 aliphatic heterocycles. The van der Waals surface area contributed by atoms with E-state index in [1.165, 1.54) is 11.8 Å². The van der Waals surface area contributed by atoms with Gasteiger partial charge in [0.05, 0.1) is 18.7 Å². The van der Waals surface area contributed by atoms with Gasteiger partial charge in [0.2, 0.25) is 12.5 Å². The maximum absolute atomic E-state index is 12.4. The molecule has 5 N–H and O–H groups in total. The van der Waals surface area contributed by atoms with E-state index >= 15 is 0 Å². The molecule has 0 aliphatic carbocycles. The van der Waals surface area contributed by atoms with Gasteiger partial charge in [-0.15, -0.1) is 0 Å². The number of carbonyl (C=O) groups is 2. The Balaban J connectivity index is 1.74. The summed E-state index contributed by atoms with van der Waals surface area (Å²) in [4.78, 5) is 54.7. The lowest BCUT2D eigenvalue weighted by Gasteiger charge is -2.32. The van der Waals surface area contributed by atoms with Crippen LogP contribution >= 0.6 is 15.0 Å². The summed E-state index contributed by atoms with van der Waals surface area (Å²) in [7, 11) is -8.09. The number of hydrazone groups is 1. The van der Waals surface area contributed by atoms with Crippen molar-refractivity contribution < 1.29 is 48.0 Å². The molecule has 250 valence electrons. The Morgan fingerprint density at radius 1 is 1.07 bits per heavy atom. The maximum atomic E-state index is 12.4. The topological polar surface area (TPSA) is 195 Å². The summed E-state index contributed by atoms with van der Waals surface area (Å²) >= 11 is 0. The van der Waals surface area contributed by atoms with E-state index in [-0.39, 0.29) is 6.54 Å². The van der Waals surface area contributed by atoms with Gasteiger partial charge < -0.3 is 34.2 Å². The minimum atomic E-state index is -5.25. The van der Waals surface area contributed by atoms with Crippen molar-refractivity contribution in [3.63, 3.8) is 0 Å². The summed E-state index contributed by atoms with van der Waals surface area (Å²) in [6.45, 7) is 6.96. The monoisotopic (exact) mass is 669 g/mol. The Bertz CT molecular complexity index is 1370. The summed E-state index contributed by atoms with van der Waals surface area (Å²) < 4.78 is 34.4. The van der Waals surface area contributed by atoms with Crippen LogP contribution in [0.5, 0.6) is 5.75 Å². The molecule has 0 radical (unpaired) electrons. The van der Waals surface area contributed by atoms with Crippen molar-refractivity contribution in [1.29, 1.82) is 0 Å². The van der Waals surface area contributed by atoms with Gasteiger partial charge in [-0.2, -0.15) is 5.10 Å². The van der Waals surface area contributed by atoms with Crippen molar-refractivity contribution in [2.24, 2.45) is 11.0 Å². The third-order valence-corrected chi connectivity index (χ3v) is 11.6. The van der Waals surface area contributed by atoms with Crippen molar-refractivity contribution in [1.82, 2.24) is 10.3 Å². The Morgan fingerprint density at radius 3 is 2.33 bits per heavy atom. The van der Waals surface area contributed by atoms with Crippen molar-refractivity contribution >= 4 is 33.1 Å². The number of aliphatic hydroxyl groups is 1. The van der Waals surface area contributed by atoms with Gasteiger partial charge in [-0.1, -0.05) is 50.2 Å². The van der Waals surface area contributed by atoms with Gasteiger partial charge in [0.25, 0.3) is 5.91 Å². The third kappa shape index (κ3) is 12.4. The van der Waals surface area contributed by atoms with Gasteiger partial charge in [-0.3, -0.25) is 18.7 Å². The maximum Gasteiger partial charge on any atom is 0.366 e. The molecule has 0 saturated carbocycles. The molecule has 2 unspecified atom stereocenters. The number of carbonyl (C=O) groups excluding carboxylic acids is 2. The molecule has 0 saturated heterocycles. The molecule has 13 nitrogen and oxygen atoms in total. The number of nitrogens with zero attached hydrogens (tertiary/aromatic N) is 2. The molecular weight excluding hydrogens is 624 g/mol. The zero-order chi connectivity index (χ0) is 33.8. The SMILES string of the molecule is CC(C)Cc1ccc([C@H](C)C(=O)OCC(=O)N/N=C/c2cccc(OCCCN(C)CCC(O)(P(C)(=O)O)P(=O)(O)O)c2)cc1. The summed E-state index contributed by atoms with van der Waals surface area (Å²) in [5.41, 5.74) is 4.97. The molecule has 15 heteroatoms.